The Hall–Kier alpha value is -1.66. The van der Waals surface area contributed by atoms with Crippen molar-refractivity contribution >= 4 is 27.1 Å². The van der Waals surface area contributed by atoms with Crippen LogP contribution in [0.2, 0.25) is 0 Å². The molecule has 0 bridgehead atoms. The molecule has 1 atom stereocenters. The van der Waals surface area contributed by atoms with Crippen LogP contribution < -0.4 is 0 Å². The summed E-state index contributed by atoms with van der Waals surface area (Å²) in [6, 6.07) is 11.5. The zero-order valence-electron chi connectivity index (χ0n) is 11.9. The summed E-state index contributed by atoms with van der Waals surface area (Å²) in [7, 11) is -3.39. The highest BCUT2D eigenvalue weighted by molar-refractivity contribution is 7.88. The first-order valence-corrected chi connectivity index (χ1v) is 9.36. The van der Waals surface area contributed by atoms with E-state index in [2.05, 4.69) is 5.10 Å². The molecule has 0 spiro atoms. The average Bonchev–Trinajstić information content (AvgIpc) is 3.07. The van der Waals surface area contributed by atoms with E-state index in [1.54, 1.807) is 11.3 Å². The smallest absolute Gasteiger partial charge is 0.205 e. The maximum absolute atomic E-state index is 12.1. The van der Waals surface area contributed by atoms with Gasteiger partial charge in [-0.25, -0.2) is 8.42 Å². The van der Waals surface area contributed by atoms with Crippen molar-refractivity contribution in [2.45, 2.75) is 19.4 Å². The van der Waals surface area contributed by atoms with Gasteiger partial charge >= 0.3 is 0 Å². The Morgan fingerprint density at radius 2 is 2.00 bits per heavy atom. The number of thiophene rings is 1. The summed E-state index contributed by atoms with van der Waals surface area (Å²) in [4.78, 5) is 1.03. The second kappa shape index (κ2) is 5.27. The summed E-state index contributed by atoms with van der Waals surface area (Å²) < 4.78 is 25.4. The number of nitrogens with zero attached hydrogens (tertiary/aromatic N) is 2. The molecule has 6 heteroatoms. The van der Waals surface area contributed by atoms with Crippen LogP contribution >= 0.6 is 11.3 Å². The number of aryl methyl sites for hydroxylation is 1. The highest BCUT2D eigenvalue weighted by Gasteiger charge is 2.35. The largest absolute Gasteiger partial charge is 0.247 e. The predicted octanol–water partition coefficient (Wildman–Crippen LogP) is 3.17. The lowest BCUT2D eigenvalue weighted by Gasteiger charge is -2.22. The molecule has 0 unspecified atom stereocenters. The molecule has 0 N–H and O–H groups in total. The van der Waals surface area contributed by atoms with Gasteiger partial charge in [0.15, 0.2) is 0 Å². The molecule has 21 heavy (non-hydrogen) atoms. The lowest BCUT2D eigenvalue weighted by Crippen LogP contribution is -2.26. The minimum atomic E-state index is -3.39. The maximum atomic E-state index is 12.1. The Morgan fingerprint density at radius 1 is 1.24 bits per heavy atom. The van der Waals surface area contributed by atoms with Crippen LogP contribution in [0.1, 0.15) is 28.5 Å². The first-order chi connectivity index (χ1) is 9.97. The zero-order chi connectivity index (χ0) is 15.0. The first kappa shape index (κ1) is 14.3. The number of hydrogen-bond acceptors (Lipinski definition) is 4. The first-order valence-electron chi connectivity index (χ1n) is 6.63. The third kappa shape index (κ3) is 2.73. The molecule has 1 aliphatic rings. The molecule has 0 amide bonds. The van der Waals surface area contributed by atoms with Crippen LogP contribution in [0, 0.1) is 6.92 Å². The summed E-state index contributed by atoms with van der Waals surface area (Å²) in [6.07, 6.45) is 1.82. The minimum Gasteiger partial charge on any atom is -0.205 e. The normalized spacial score (nSPS) is 18.9. The van der Waals surface area contributed by atoms with Gasteiger partial charge in [0, 0.05) is 6.42 Å². The molecule has 1 aliphatic heterocycles. The molecule has 2 aromatic rings. The monoisotopic (exact) mass is 320 g/mol. The quantitative estimate of drug-likeness (QED) is 0.872. The van der Waals surface area contributed by atoms with E-state index in [9.17, 15) is 8.42 Å². The van der Waals surface area contributed by atoms with Crippen molar-refractivity contribution in [1.29, 1.82) is 0 Å². The van der Waals surface area contributed by atoms with Gasteiger partial charge < -0.3 is 0 Å². The topological polar surface area (TPSA) is 49.7 Å². The van der Waals surface area contributed by atoms with Crippen LogP contribution in [0.4, 0.5) is 0 Å². The molecule has 0 aliphatic carbocycles. The number of rotatable bonds is 3. The molecular weight excluding hydrogens is 304 g/mol. The predicted molar refractivity (Wildman–Crippen MR) is 86.1 cm³/mol. The molecule has 0 fully saturated rings. The molecule has 0 saturated heterocycles. The molecular formula is C15H16N2O2S2. The van der Waals surface area contributed by atoms with Gasteiger partial charge in [-0.05, 0) is 29.5 Å². The molecule has 2 heterocycles. The van der Waals surface area contributed by atoms with Gasteiger partial charge in [0.05, 0.1) is 22.9 Å². The number of hydrogen-bond donors (Lipinski definition) is 0. The lowest BCUT2D eigenvalue weighted by molar-refractivity contribution is 0.374. The fourth-order valence-electron chi connectivity index (χ4n) is 2.58. The standard InChI is InChI=1S/C15H16N2O2S2/c1-11-6-3-4-7-12(11)14-10-13(15-8-5-9-20-15)16-17(14)21(2,18)19/h3-9,14H,10H2,1-2H3/t14-/m0/s1. The van der Waals surface area contributed by atoms with Gasteiger partial charge in [-0.3, -0.25) is 0 Å². The van der Waals surface area contributed by atoms with Crippen molar-refractivity contribution in [1.82, 2.24) is 4.41 Å². The number of sulfonamides is 1. The van der Waals surface area contributed by atoms with Gasteiger partial charge in [-0.2, -0.15) is 9.52 Å². The van der Waals surface area contributed by atoms with E-state index in [-0.39, 0.29) is 6.04 Å². The van der Waals surface area contributed by atoms with Gasteiger partial charge in [0.25, 0.3) is 0 Å². The second-order valence-corrected chi connectivity index (χ2v) is 7.92. The summed E-state index contributed by atoms with van der Waals surface area (Å²) in [5.41, 5.74) is 2.93. The van der Waals surface area contributed by atoms with E-state index in [1.807, 2.05) is 48.7 Å². The summed E-state index contributed by atoms with van der Waals surface area (Å²) in [5, 5.41) is 6.35. The van der Waals surface area contributed by atoms with Crippen LogP contribution in [-0.2, 0) is 10.0 Å². The van der Waals surface area contributed by atoms with Gasteiger partial charge in [0.2, 0.25) is 10.0 Å². The average molecular weight is 320 g/mol. The van der Waals surface area contributed by atoms with Crippen LogP contribution in [0.3, 0.4) is 0 Å². The van der Waals surface area contributed by atoms with Crippen molar-refractivity contribution < 1.29 is 8.42 Å². The van der Waals surface area contributed by atoms with Crippen molar-refractivity contribution in [3.63, 3.8) is 0 Å². The third-order valence-corrected chi connectivity index (χ3v) is 5.50. The van der Waals surface area contributed by atoms with Crippen molar-refractivity contribution in [2.75, 3.05) is 6.26 Å². The van der Waals surface area contributed by atoms with E-state index in [0.29, 0.717) is 6.42 Å². The second-order valence-electron chi connectivity index (χ2n) is 5.14. The summed E-state index contributed by atoms with van der Waals surface area (Å²) >= 11 is 1.58. The lowest BCUT2D eigenvalue weighted by atomic mass is 9.98. The van der Waals surface area contributed by atoms with Crippen LogP contribution in [0.15, 0.2) is 46.9 Å². The molecule has 1 aromatic carbocycles. The van der Waals surface area contributed by atoms with Crippen LogP contribution in [-0.4, -0.2) is 24.8 Å². The maximum Gasteiger partial charge on any atom is 0.247 e. The molecule has 0 radical (unpaired) electrons. The third-order valence-electron chi connectivity index (χ3n) is 3.57. The SMILES string of the molecule is Cc1ccccc1[C@@H]1CC(c2cccs2)=NN1S(C)(=O)=O. The van der Waals surface area contributed by atoms with Crippen LogP contribution in [0.5, 0.6) is 0 Å². The van der Waals surface area contributed by atoms with Crippen molar-refractivity contribution in [3.8, 4) is 0 Å². The summed E-state index contributed by atoms with van der Waals surface area (Å²) in [5.74, 6) is 0. The van der Waals surface area contributed by atoms with E-state index in [0.717, 1.165) is 21.7 Å². The molecule has 1 aromatic heterocycles. The zero-order valence-corrected chi connectivity index (χ0v) is 13.5. The van der Waals surface area contributed by atoms with E-state index >= 15 is 0 Å². The Labute approximate surface area is 128 Å². The highest BCUT2D eigenvalue weighted by Crippen LogP contribution is 2.36. The highest BCUT2D eigenvalue weighted by atomic mass is 32.2. The van der Waals surface area contributed by atoms with Crippen LogP contribution in [0.25, 0.3) is 0 Å². The Balaban J connectivity index is 2.04. The Morgan fingerprint density at radius 3 is 2.62 bits per heavy atom. The van der Waals surface area contributed by atoms with E-state index in [4.69, 9.17) is 0 Å². The van der Waals surface area contributed by atoms with Gasteiger partial charge in [0.1, 0.15) is 0 Å². The molecule has 110 valence electrons. The summed E-state index contributed by atoms with van der Waals surface area (Å²) in [6.45, 7) is 2.00. The van der Waals surface area contributed by atoms with Crippen molar-refractivity contribution in [2.24, 2.45) is 5.10 Å². The number of benzene rings is 1. The fourth-order valence-corrected chi connectivity index (χ4v) is 4.20. The molecule has 4 nitrogen and oxygen atoms in total. The Bertz CT molecular complexity index is 780. The van der Waals surface area contributed by atoms with E-state index in [1.165, 1.54) is 10.7 Å². The number of hydrazone groups is 1. The molecule has 3 rings (SSSR count). The minimum absolute atomic E-state index is 0.252. The van der Waals surface area contributed by atoms with E-state index < -0.39 is 10.0 Å². The Kier molecular flexibility index (Phi) is 3.59. The van der Waals surface area contributed by atoms with Crippen molar-refractivity contribution in [3.05, 3.63) is 57.8 Å². The van der Waals surface area contributed by atoms with Gasteiger partial charge in [-0.1, -0.05) is 30.3 Å². The molecule has 0 saturated carbocycles. The van der Waals surface area contributed by atoms with Gasteiger partial charge in [-0.15, -0.1) is 11.3 Å². The fraction of sp³-hybridized carbons (Fsp3) is 0.267.